The highest BCUT2D eigenvalue weighted by Gasteiger charge is 2.27. The van der Waals surface area contributed by atoms with Gasteiger partial charge in [-0.3, -0.25) is 4.79 Å². The van der Waals surface area contributed by atoms with Crippen molar-refractivity contribution in [2.45, 2.75) is 12.5 Å². The van der Waals surface area contributed by atoms with Gasteiger partial charge >= 0.3 is 0 Å². The van der Waals surface area contributed by atoms with E-state index >= 15 is 0 Å². The van der Waals surface area contributed by atoms with Crippen molar-refractivity contribution in [3.63, 3.8) is 0 Å². The van der Waals surface area contributed by atoms with Gasteiger partial charge in [-0.1, -0.05) is 6.07 Å². The second-order valence-corrected chi connectivity index (χ2v) is 5.34. The van der Waals surface area contributed by atoms with Crippen LogP contribution in [0.3, 0.4) is 0 Å². The van der Waals surface area contributed by atoms with Gasteiger partial charge in [0, 0.05) is 11.8 Å². The molecule has 0 aliphatic heterocycles. The van der Waals surface area contributed by atoms with Gasteiger partial charge in [0.25, 0.3) is 0 Å². The van der Waals surface area contributed by atoms with E-state index in [1.807, 2.05) is 18.2 Å². The molecule has 122 valence electrons. The number of carbonyl (C=O) groups is 1. The summed E-state index contributed by atoms with van der Waals surface area (Å²) in [6.07, 6.45) is 0. The Labute approximate surface area is 134 Å². The van der Waals surface area contributed by atoms with E-state index in [9.17, 15) is 4.79 Å². The molecule has 0 saturated carbocycles. The van der Waals surface area contributed by atoms with E-state index in [4.69, 9.17) is 20.3 Å². The van der Waals surface area contributed by atoms with Crippen LogP contribution in [0, 0.1) is 0 Å². The number of nitrogens with one attached hydrogen (secondary N) is 1. The highest BCUT2D eigenvalue weighted by Crippen LogP contribution is 2.26. The molecular formula is C17H20N2O4. The lowest BCUT2D eigenvalue weighted by Gasteiger charge is -2.20. The van der Waals surface area contributed by atoms with Gasteiger partial charge < -0.3 is 25.6 Å². The van der Waals surface area contributed by atoms with E-state index in [-0.39, 0.29) is 0 Å². The molecule has 0 fully saturated rings. The number of aliphatic hydroxyl groups excluding tert-OH is 1. The fraction of sp³-hybridized carbons (Fsp3) is 0.235. The van der Waals surface area contributed by atoms with Crippen molar-refractivity contribution >= 4 is 11.6 Å². The van der Waals surface area contributed by atoms with Crippen LogP contribution in [-0.2, 0) is 4.79 Å². The topological polar surface area (TPSA) is 93.8 Å². The Bertz CT molecular complexity index is 669. The molecule has 0 saturated heterocycles. The van der Waals surface area contributed by atoms with Crippen molar-refractivity contribution < 1.29 is 19.4 Å². The number of anilines is 1. The minimum Gasteiger partial charge on any atom is -0.497 e. The molecule has 0 bridgehead atoms. The van der Waals surface area contributed by atoms with Gasteiger partial charge in [0.2, 0.25) is 5.91 Å². The smallest absolute Gasteiger partial charge is 0.246 e. The standard InChI is InChI=1S/C17H20N2O4/c1-17(18,11-20)16(21)19-12-6-8-13(9-7-12)23-15-5-3-4-14(10-15)22-2/h3-10,20H,11,18H2,1-2H3,(H,19,21). The zero-order valence-corrected chi connectivity index (χ0v) is 13.1. The molecule has 6 nitrogen and oxygen atoms in total. The molecular weight excluding hydrogens is 296 g/mol. The number of ether oxygens (including phenoxy) is 2. The van der Waals surface area contributed by atoms with Crippen molar-refractivity contribution in [3.05, 3.63) is 48.5 Å². The van der Waals surface area contributed by atoms with E-state index in [1.165, 1.54) is 6.92 Å². The highest BCUT2D eigenvalue weighted by molar-refractivity contribution is 5.97. The summed E-state index contributed by atoms with van der Waals surface area (Å²) in [5, 5.41) is 11.7. The lowest BCUT2D eigenvalue weighted by atomic mass is 10.0. The monoisotopic (exact) mass is 316 g/mol. The van der Waals surface area contributed by atoms with Gasteiger partial charge in [-0.25, -0.2) is 0 Å². The van der Waals surface area contributed by atoms with Gasteiger partial charge in [0.05, 0.1) is 13.7 Å². The number of aliphatic hydroxyl groups is 1. The average molecular weight is 316 g/mol. The first-order chi connectivity index (χ1) is 10.9. The Kier molecular flexibility index (Phi) is 5.20. The molecule has 2 aromatic rings. The number of carbonyl (C=O) groups excluding carboxylic acids is 1. The fourth-order valence-electron chi connectivity index (χ4n) is 1.75. The molecule has 4 N–H and O–H groups in total. The molecule has 0 spiro atoms. The lowest BCUT2D eigenvalue weighted by molar-refractivity contribution is -0.121. The van der Waals surface area contributed by atoms with Crippen molar-refractivity contribution in [1.29, 1.82) is 0 Å². The maximum Gasteiger partial charge on any atom is 0.246 e. The van der Waals surface area contributed by atoms with Crippen LogP contribution >= 0.6 is 0 Å². The van der Waals surface area contributed by atoms with E-state index in [1.54, 1.807) is 37.4 Å². The fourth-order valence-corrected chi connectivity index (χ4v) is 1.75. The number of nitrogens with two attached hydrogens (primary N) is 1. The summed E-state index contributed by atoms with van der Waals surface area (Å²) in [4.78, 5) is 11.9. The molecule has 1 atom stereocenters. The molecule has 1 unspecified atom stereocenters. The van der Waals surface area contributed by atoms with Gasteiger partial charge in [0.1, 0.15) is 22.8 Å². The normalized spacial score (nSPS) is 13.0. The predicted molar refractivity (Wildman–Crippen MR) is 87.8 cm³/mol. The quantitative estimate of drug-likeness (QED) is 0.759. The lowest BCUT2D eigenvalue weighted by Crippen LogP contribution is -2.51. The summed E-state index contributed by atoms with van der Waals surface area (Å²) in [5.74, 6) is 1.52. The first-order valence-electron chi connectivity index (χ1n) is 7.08. The second-order valence-electron chi connectivity index (χ2n) is 5.34. The van der Waals surface area contributed by atoms with Crippen LogP contribution in [0.5, 0.6) is 17.2 Å². The van der Waals surface area contributed by atoms with Crippen LogP contribution in [0.2, 0.25) is 0 Å². The minimum absolute atomic E-state index is 0.435. The van der Waals surface area contributed by atoms with Crippen LogP contribution in [0.1, 0.15) is 6.92 Å². The van der Waals surface area contributed by atoms with E-state index in [0.717, 1.165) is 0 Å². The minimum atomic E-state index is -1.32. The van der Waals surface area contributed by atoms with Crippen LogP contribution < -0.4 is 20.5 Å². The van der Waals surface area contributed by atoms with Gasteiger partial charge in [-0.15, -0.1) is 0 Å². The van der Waals surface area contributed by atoms with Crippen LogP contribution in [-0.4, -0.2) is 30.3 Å². The van der Waals surface area contributed by atoms with Gasteiger partial charge in [-0.2, -0.15) is 0 Å². The first kappa shape index (κ1) is 16.8. The third-order valence-electron chi connectivity index (χ3n) is 3.24. The Balaban J connectivity index is 2.03. The summed E-state index contributed by atoms with van der Waals surface area (Å²) in [6.45, 7) is 1.03. The van der Waals surface area contributed by atoms with E-state index < -0.39 is 18.1 Å². The summed E-state index contributed by atoms with van der Waals surface area (Å²) < 4.78 is 10.8. The molecule has 0 radical (unpaired) electrons. The molecule has 0 aromatic heterocycles. The van der Waals surface area contributed by atoms with Crippen molar-refractivity contribution in [2.24, 2.45) is 5.73 Å². The molecule has 1 amide bonds. The van der Waals surface area contributed by atoms with Crippen LogP contribution in [0.15, 0.2) is 48.5 Å². The molecule has 2 rings (SSSR count). The molecule has 2 aromatic carbocycles. The zero-order chi connectivity index (χ0) is 16.9. The third kappa shape index (κ3) is 4.45. The number of benzene rings is 2. The van der Waals surface area contributed by atoms with E-state index in [0.29, 0.717) is 22.9 Å². The predicted octanol–water partition coefficient (Wildman–Crippen LogP) is 2.14. The SMILES string of the molecule is COc1cccc(Oc2ccc(NC(=O)C(C)(N)CO)cc2)c1. The molecule has 6 heteroatoms. The second kappa shape index (κ2) is 7.13. The summed E-state index contributed by atoms with van der Waals surface area (Å²) in [7, 11) is 1.59. The molecule has 0 aliphatic rings. The number of methoxy groups -OCH3 is 1. The Hall–Kier alpha value is -2.57. The Morgan fingerprint density at radius 2 is 1.83 bits per heavy atom. The number of rotatable bonds is 6. The third-order valence-corrected chi connectivity index (χ3v) is 3.24. The summed E-state index contributed by atoms with van der Waals surface area (Å²) in [6, 6.07) is 14.1. The van der Waals surface area contributed by atoms with E-state index in [2.05, 4.69) is 5.32 Å². The summed E-state index contributed by atoms with van der Waals surface area (Å²) >= 11 is 0. The summed E-state index contributed by atoms with van der Waals surface area (Å²) in [5.41, 5.74) is 4.91. The first-order valence-corrected chi connectivity index (χ1v) is 7.08. The van der Waals surface area contributed by atoms with Crippen molar-refractivity contribution in [3.8, 4) is 17.2 Å². The molecule has 0 heterocycles. The maximum absolute atomic E-state index is 11.9. The molecule has 23 heavy (non-hydrogen) atoms. The number of hydrogen-bond donors (Lipinski definition) is 3. The molecule has 0 aliphatic carbocycles. The highest BCUT2D eigenvalue weighted by atomic mass is 16.5. The Morgan fingerprint density at radius 3 is 2.43 bits per heavy atom. The Morgan fingerprint density at radius 1 is 1.17 bits per heavy atom. The average Bonchev–Trinajstić information content (AvgIpc) is 2.56. The van der Waals surface area contributed by atoms with Gasteiger partial charge in [0.15, 0.2) is 0 Å². The largest absolute Gasteiger partial charge is 0.497 e. The number of amides is 1. The van der Waals surface area contributed by atoms with Crippen LogP contribution in [0.25, 0.3) is 0 Å². The van der Waals surface area contributed by atoms with Crippen molar-refractivity contribution in [1.82, 2.24) is 0 Å². The van der Waals surface area contributed by atoms with Crippen LogP contribution in [0.4, 0.5) is 5.69 Å². The zero-order valence-electron chi connectivity index (χ0n) is 13.1. The van der Waals surface area contributed by atoms with Crippen molar-refractivity contribution in [2.75, 3.05) is 19.0 Å². The van der Waals surface area contributed by atoms with Gasteiger partial charge in [-0.05, 0) is 43.3 Å². The maximum atomic E-state index is 11.9. The number of hydrogen-bond acceptors (Lipinski definition) is 5.